The molecule has 64 heavy (non-hydrogen) atoms. The van der Waals surface area contributed by atoms with E-state index in [9.17, 15) is 0 Å². The average molecular weight is 838 g/mol. The van der Waals surface area contributed by atoms with Gasteiger partial charge in [-0.25, -0.2) is 15.0 Å². The molecule has 3 heteroatoms. The van der Waals surface area contributed by atoms with Crippen LogP contribution in [0.2, 0.25) is 0 Å². The van der Waals surface area contributed by atoms with Crippen LogP contribution >= 0.6 is 0 Å². The summed E-state index contributed by atoms with van der Waals surface area (Å²) < 4.78 is 0. The first kappa shape index (κ1) is 44.2. The Balaban J connectivity index is 1.11. The Labute approximate surface area is 382 Å². The van der Waals surface area contributed by atoms with Crippen LogP contribution in [0.4, 0.5) is 0 Å². The molecule has 0 aliphatic heterocycles. The molecule has 0 radical (unpaired) electrons. The highest BCUT2D eigenvalue weighted by atomic mass is 15.0. The Hall–Kier alpha value is -6.45. The molecule has 0 aliphatic rings. The fraction of sp³-hybridized carbons (Fsp3) is 0.262. The molecule has 8 rings (SSSR count). The van der Waals surface area contributed by atoms with E-state index in [0.717, 1.165) is 27.8 Å². The maximum atomic E-state index is 5.10. The van der Waals surface area contributed by atoms with E-state index in [1.54, 1.807) is 0 Å². The molecule has 0 atom stereocenters. The van der Waals surface area contributed by atoms with Gasteiger partial charge in [0.15, 0.2) is 17.5 Å². The Morgan fingerprint density at radius 3 is 0.766 bits per heavy atom. The quantitative estimate of drug-likeness (QED) is 0.160. The Morgan fingerprint density at radius 1 is 0.219 bits per heavy atom. The van der Waals surface area contributed by atoms with Gasteiger partial charge in [0.05, 0.1) is 0 Å². The minimum atomic E-state index is 0.0476. The van der Waals surface area contributed by atoms with E-state index < -0.39 is 0 Å². The molecule has 3 nitrogen and oxygen atoms in total. The largest absolute Gasteiger partial charge is 0.208 e. The fourth-order valence-electron chi connectivity index (χ4n) is 8.05. The highest BCUT2D eigenvalue weighted by Crippen LogP contribution is 2.38. The van der Waals surface area contributed by atoms with Gasteiger partial charge in [-0.05, 0) is 101 Å². The number of hydrogen-bond donors (Lipinski definition) is 0. The Morgan fingerprint density at radius 2 is 0.469 bits per heavy atom. The molecule has 0 saturated carbocycles. The molecule has 1 heterocycles. The van der Waals surface area contributed by atoms with Crippen LogP contribution in [0, 0.1) is 0 Å². The predicted octanol–water partition coefficient (Wildman–Crippen LogP) is 16.7. The summed E-state index contributed by atoms with van der Waals surface area (Å²) in [4.78, 5) is 15.2. The fourth-order valence-corrected chi connectivity index (χ4v) is 8.05. The molecule has 0 fully saturated rings. The first-order valence-electron chi connectivity index (χ1n) is 22.8. The second kappa shape index (κ2) is 16.9. The second-order valence-electron chi connectivity index (χ2n) is 21.6. The maximum Gasteiger partial charge on any atom is 0.164 e. The molecule has 0 aliphatic carbocycles. The summed E-state index contributed by atoms with van der Waals surface area (Å²) in [5.41, 5.74) is 18.0. The number of rotatable bonds is 7. The van der Waals surface area contributed by atoms with E-state index in [1.807, 2.05) is 18.2 Å². The molecule has 0 unspecified atom stereocenters. The van der Waals surface area contributed by atoms with Gasteiger partial charge in [0, 0.05) is 16.7 Å². The van der Waals surface area contributed by atoms with Gasteiger partial charge in [0.25, 0.3) is 0 Å². The lowest BCUT2D eigenvalue weighted by atomic mass is 9.79. The van der Waals surface area contributed by atoms with Crippen molar-refractivity contribution in [1.29, 1.82) is 0 Å². The molecule has 7 aromatic carbocycles. The molecular formula is C61H63N3. The molecule has 322 valence electrons. The van der Waals surface area contributed by atoms with E-state index in [-0.39, 0.29) is 21.7 Å². The normalized spacial score (nSPS) is 12.4. The van der Waals surface area contributed by atoms with Crippen molar-refractivity contribution in [1.82, 2.24) is 15.0 Å². The van der Waals surface area contributed by atoms with Crippen LogP contribution in [0.25, 0.3) is 78.7 Å². The van der Waals surface area contributed by atoms with Gasteiger partial charge < -0.3 is 0 Å². The summed E-state index contributed by atoms with van der Waals surface area (Å²) in [6.45, 7) is 27.5. The number of benzene rings is 7. The van der Waals surface area contributed by atoms with Crippen LogP contribution in [-0.2, 0) is 21.7 Å². The van der Waals surface area contributed by atoms with Crippen molar-refractivity contribution in [2.45, 2.75) is 105 Å². The van der Waals surface area contributed by atoms with E-state index in [2.05, 4.69) is 229 Å². The van der Waals surface area contributed by atoms with Crippen molar-refractivity contribution in [3.8, 4) is 78.7 Å². The number of hydrogen-bond acceptors (Lipinski definition) is 3. The van der Waals surface area contributed by atoms with Crippen molar-refractivity contribution < 1.29 is 0 Å². The zero-order valence-corrected chi connectivity index (χ0v) is 39.9. The minimum absolute atomic E-state index is 0.0476. The number of aromatic nitrogens is 3. The lowest BCUT2D eigenvalue weighted by Crippen LogP contribution is -2.16. The van der Waals surface area contributed by atoms with Gasteiger partial charge in [-0.2, -0.15) is 0 Å². The van der Waals surface area contributed by atoms with Crippen molar-refractivity contribution in [3.05, 3.63) is 186 Å². The summed E-state index contributed by atoms with van der Waals surface area (Å²) in [7, 11) is 0. The molecule has 0 N–H and O–H groups in total. The highest BCUT2D eigenvalue weighted by molar-refractivity contribution is 5.78. The van der Waals surface area contributed by atoms with E-state index in [1.165, 1.54) is 55.6 Å². The zero-order valence-electron chi connectivity index (χ0n) is 39.9. The van der Waals surface area contributed by atoms with Crippen LogP contribution in [-0.4, -0.2) is 15.0 Å². The van der Waals surface area contributed by atoms with Crippen molar-refractivity contribution >= 4 is 0 Å². The van der Waals surface area contributed by atoms with Gasteiger partial charge in [-0.15, -0.1) is 0 Å². The third-order valence-corrected chi connectivity index (χ3v) is 12.3. The standard InChI is InChI=1S/C61H63N3/c1-58(2,3)51-34-49(35-52(38-51)59(4,5)6)47-22-16-20-45(32-47)40-24-28-43(29-25-40)56-62-55(42-18-14-13-15-19-42)63-57(64-56)44-30-26-41(27-31-44)46-21-17-23-48(33-46)50-36-53(60(7,8)9)39-54(37-50)61(10,11)12/h13-39H,1-12H3. The molecule has 0 saturated heterocycles. The van der Waals surface area contributed by atoms with Crippen LogP contribution in [0.5, 0.6) is 0 Å². The van der Waals surface area contributed by atoms with Crippen LogP contribution in [0.1, 0.15) is 105 Å². The first-order chi connectivity index (χ1) is 30.2. The van der Waals surface area contributed by atoms with E-state index >= 15 is 0 Å². The van der Waals surface area contributed by atoms with Gasteiger partial charge in [0.1, 0.15) is 0 Å². The van der Waals surface area contributed by atoms with Crippen molar-refractivity contribution in [2.24, 2.45) is 0 Å². The first-order valence-corrected chi connectivity index (χ1v) is 22.8. The smallest absolute Gasteiger partial charge is 0.164 e. The molecule has 0 amide bonds. The minimum Gasteiger partial charge on any atom is -0.208 e. The Kier molecular flexibility index (Phi) is 11.7. The predicted molar refractivity (Wildman–Crippen MR) is 273 cm³/mol. The van der Waals surface area contributed by atoms with Gasteiger partial charge in [-0.3, -0.25) is 0 Å². The highest BCUT2D eigenvalue weighted by Gasteiger charge is 2.23. The summed E-state index contributed by atoms with van der Waals surface area (Å²) in [6.07, 6.45) is 0. The summed E-state index contributed by atoms with van der Waals surface area (Å²) in [5, 5.41) is 0. The molecule has 1 aromatic heterocycles. The second-order valence-corrected chi connectivity index (χ2v) is 21.6. The van der Waals surface area contributed by atoms with Crippen molar-refractivity contribution in [3.63, 3.8) is 0 Å². The van der Waals surface area contributed by atoms with Crippen LogP contribution < -0.4 is 0 Å². The van der Waals surface area contributed by atoms with Crippen molar-refractivity contribution in [2.75, 3.05) is 0 Å². The molecule has 0 bridgehead atoms. The SMILES string of the molecule is CC(C)(C)c1cc(-c2cccc(-c3ccc(-c4nc(-c5ccccc5)nc(-c5ccc(-c6cccc(-c7cc(C(C)(C)C)cc(C(C)(C)C)c7)c6)cc5)n4)cc3)c2)cc(C(C)(C)C)c1. The van der Waals surface area contributed by atoms with Gasteiger partial charge >= 0.3 is 0 Å². The number of nitrogens with zero attached hydrogens (tertiary/aromatic N) is 3. The van der Waals surface area contributed by atoms with Crippen LogP contribution in [0.3, 0.4) is 0 Å². The third kappa shape index (κ3) is 9.85. The van der Waals surface area contributed by atoms with E-state index in [4.69, 9.17) is 15.0 Å². The topological polar surface area (TPSA) is 38.7 Å². The zero-order chi connectivity index (χ0) is 45.6. The van der Waals surface area contributed by atoms with Gasteiger partial charge in [0.2, 0.25) is 0 Å². The summed E-state index contributed by atoms with van der Waals surface area (Å²) in [5.74, 6) is 1.93. The average Bonchev–Trinajstić information content (AvgIpc) is 3.28. The molecule has 8 aromatic rings. The summed E-state index contributed by atoms with van der Waals surface area (Å²) >= 11 is 0. The van der Waals surface area contributed by atoms with Gasteiger partial charge in [-0.1, -0.05) is 235 Å². The monoisotopic (exact) mass is 838 g/mol. The van der Waals surface area contributed by atoms with E-state index in [0.29, 0.717) is 17.5 Å². The lowest BCUT2D eigenvalue weighted by molar-refractivity contribution is 0.568. The Bertz CT molecular complexity index is 2680. The summed E-state index contributed by atoms with van der Waals surface area (Å²) in [6, 6.07) is 59.4. The molecule has 0 spiro atoms. The van der Waals surface area contributed by atoms with Crippen LogP contribution in [0.15, 0.2) is 164 Å². The maximum absolute atomic E-state index is 5.10. The lowest BCUT2D eigenvalue weighted by Gasteiger charge is -2.26. The molecular weight excluding hydrogens is 775 g/mol. The third-order valence-electron chi connectivity index (χ3n) is 12.3.